The third kappa shape index (κ3) is 6.56. The van der Waals surface area contributed by atoms with Crippen LogP contribution in [0.5, 0.6) is 0 Å². The first-order valence-electron chi connectivity index (χ1n) is 12.1. The Balaban J connectivity index is 1.47. The number of nitrogens with one attached hydrogen (secondary N) is 1. The summed E-state index contributed by atoms with van der Waals surface area (Å²) in [6.07, 6.45) is 3.85. The largest absolute Gasteiger partial charge is 0.303 e. The molecule has 2 saturated heterocycles. The van der Waals surface area contributed by atoms with Crippen molar-refractivity contribution >= 4 is 37.3 Å². The number of hydroxylamine groups is 1. The number of rotatable bonds is 9. The van der Waals surface area contributed by atoms with Crippen molar-refractivity contribution in [3.8, 4) is 10.4 Å². The molecule has 0 aliphatic carbocycles. The smallest absolute Gasteiger partial charge is 0.263 e. The molecule has 0 radical (unpaired) electrons. The van der Waals surface area contributed by atoms with E-state index in [1.165, 1.54) is 42.2 Å². The molecule has 0 saturated carbocycles. The Labute approximate surface area is 220 Å². The number of hydrogen-bond donors (Lipinski definition) is 2. The molecule has 14 heteroatoms. The number of sulfonamides is 2. The Morgan fingerprint density at radius 2 is 1.70 bits per heavy atom. The second kappa shape index (κ2) is 11.8. The van der Waals surface area contributed by atoms with E-state index in [-0.39, 0.29) is 23.1 Å². The number of carbonyl (C=O) groups is 1. The van der Waals surface area contributed by atoms with Crippen molar-refractivity contribution in [2.24, 2.45) is 0 Å². The number of carbonyl (C=O) groups excluding carboxylic acids is 1. The highest BCUT2D eigenvalue weighted by atomic mass is 32.2. The summed E-state index contributed by atoms with van der Waals surface area (Å²) in [5.41, 5.74) is 2.11. The first kappa shape index (κ1) is 28.1. The van der Waals surface area contributed by atoms with Crippen molar-refractivity contribution in [3.05, 3.63) is 42.2 Å². The van der Waals surface area contributed by atoms with Gasteiger partial charge in [-0.15, -0.1) is 11.3 Å². The van der Waals surface area contributed by atoms with Crippen molar-refractivity contribution in [1.82, 2.24) is 19.0 Å². The lowest BCUT2D eigenvalue weighted by Crippen LogP contribution is -2.61. The first-order chi connectivity index (χ1) is 17.6. The minimum Gasteiger partial charge on any atom is -0.303 e. The Morgan fingerprint density at radius 3 is 2.38 bits per heavy atom. The standard InChI is InChI=1S/C23H31FN4O6S3/c24-19-7-5-18(6-8-19)21-9-10-22(35-21)37(33,34)28-15-14-27(17-20(28)23(29)25-30)36(31,32)16-4-13-26-11-2-1-3-12-26/h5-10,20,30H,1-4,11-17H2,(H,25,29)/t20-/m1/s1. The average molecular weight is 575 g/mol. The summed E-state index contributed by atoms with van der Waals surface area (Å²) >= 11 is 0.962. The number of benzene rings is 1. The topological polar surface area (TPSA) is 127 Å². The molecule has 2 N–H and O–H groups in total. The van der Waals surface area contributed by atoms with E-state index in [2.05, 4.69) is 4.90 Å². The molecule has 37 heavy (non-hydrogen) atoms. The molecule has 1 aromatic carbocycles. The molecule has 0 unspecified atom stereocenters. The molecule has 1 amide bonds. The lowest BCUT2D eigenvalue weighted by Gasteiger charge is -2.38. The van der Waals surface area contributed by atoms with Crippen LogP contribution in [0.4, 0.5) is 4.39 Å². The van der Waals surface area contributed by atoms with Crippen LogP contribution < -0.4 is 5.48 Å². The molecule has 0 spiro atoms. The van der Waals surface area contributed by atoms with Gasteiger partial charge < -0.3 is 4.90 Å². The Bertz CT molecular complexity index is 1290. The first-order valence-corrected chi connectivity index (χ1v) is 16.0. The molecule has 2 aromatic rings. The van der Waals surface area contributed by atoms with Gasteiger partial charge in [-0.05, 0) is 68.7 Å². The van der Waals surface area contributed by atoms with Crippen molar-refractivity contribution in [3.63, 3.8) is 0 Å². The molecule has 10 nitrogen and oxygen atoms in total. The van der Waals surface area contributed by atoms with Crippen molar-refractivity contribution in [2.45, 2.75) is 35.9 Å². The monoisotopic (exact) mass is 574 g/mol. The summed E-state index contributed by atoms with van der Waals surface area (Å²) in [4.78, 5) is 15.3. The average Bonchev–Trinajstić information content (AvgIpc) is 3.40. The number of likely N-dealkylation sites (tertiary alicyclic amines) is 1. The third-order valence-electron chi connectivity index (χ3n) is 6.70. The third-order valence-corrected chi connectivity index (χ3v) is 12.1. The molecule has 1 atom stereocenters. The second-order valence-electron chi connectivity index (χ2n) is 9.16. The SMILES string of the molecule is O=C(NO)[C@H]1CN(S(=O)(=O)CCCN2CCCCC2)CCN1S(=O)(=O)c1ccc(-c2ccc(F)cc2)s1. The van der Waals surface area contributed by atoms with E-state index >= 15 is 0 Å². The van der Waals surface area contributed by atoms with E-state index in [1.807, 2.05) is 0 Å². The number of hydrogen-bond acceptors (Lipinski definition) is 8. The van der Waals surface area contributed by atoms with Gasteiger partial charge in [-0.3, -0.25) is 10.0 Å². The van der Waals surface area contributed by atoms with E-state index in [4.69, 9.17) is 0 Å². The van der Waals surface area contributed by atoms with Crippen molar-refractivity contribution in [2.75, 3.05) is 45.0 Å². The molecule has 2 fully saturated rings. The lowest BCUT2D eigenvalue weighted by molar-refractivity contribution is -0.134. The van der Waals surface area contributed by atoms with Crippen LogP contribution in [0.25, 0.3) is 10.4 Å². The van der Waals surface area contributed by atoms with E-state index in [0.29, 0.717) is 23.4 Å². The fourth-order valence-electron chi connectivity index (χ4n) is 4.70. The van der Waals surface area contributed by atoms with Crippen molar-refractivity contribution < 1.29 is 31.2 Å². The number of piperidine rings is 1. The normalized spacial score (nSPS) is 20.6. The number of halogens is 1. The van der Waals surface area contributed by atoms with Crippen LogP contribution in [0, 0.1) is 5.82 Å². The zero-order chi connectivity index (χ0) is 26.6. The summed E-state index contributed by atoms with van der Waals surface area (Å²) in [6, 6.07) is 7.18. The van der Waals surface area contributed by atoms with Crippen LogP contribution in [0.1, 0.15) is 25.7 Å². The summed E-state index contributed by atoms with van der Waals surface area (Å²) in [5, 5.41) is 9.27. The van der Waals surface area contributed by atoms with Crippen LogP contribution in [0.15, 0.2) is 40.6 Å². The quantitative estimate of drug-likeness (QED) is 0.346. The maximum Gasteiger partial charge on any atom is 0.263 e. The van der Waals surface area contributed by atoms with Crippen LogP contribution in [-0.2, 0) is 24.8 Å². The van der Waals surface area contributed by atoms with Crippen LogP contribution in [0.2, 0.25) is 0 Å². The molecule has 2 aliphatic heterocycles. The number of amides is 1. The highest BCUT2D eigenvalue weighted by molar-refractivity contribution is 7.91. The summed E-state index contributed by atoms with van der Waals surface area (Å²) in [5.74, 6) is -1.52. The Hall–Kier alpha value is -1.94. The van der Waals surface area contributed by atoms with E-state index in [0.717, 1.165) is 45.9 Å². The second-order valence-corrected chi connectivity index (χ2v) is 14.5. The summed E-state index contributed by atoms with van der Waals surface area (Å²) in [6.45, 7) is 1.85. The van der Waals surface area contributed by atoms with Gasteiger partial charge in [0.15, 0.2) is 0 Å². The van der Waals surface area contributed by atoms with Crippen molar-refractivity contribution in [1.29, 1.82) is 0 Å². The molecule has 4 rings (SSSR count). The lowest BCUT2D eigenvalue weighted by atomic mass is 10.1. The molecular weight excluding hydrogens is 543 g/mol. The van der Waals surface area contributed by atoms with Crippen LogP contribution in [-0.4, -0.2) is 92.5 Å². The molecule has 1 aromatic heterocycles. The van der Waals surface area contributed by atoms with E-state index < -0.39 is 44.4 Å². The fourth-order valence-corrected chi connectivity index (χ4v) is 9.19. The predicted molar refractivity (Wildman–Crippen MR) is 138 cm³/mol. The highest BCUT2D eigenvalue weighted by Crippen LogP contribution is 2.34. The Kier molecular flexibility index (Phi) is 8.99. The van der Waals surface area contributed by atoms with Gasteiger partial charge in [0, 0.05) is 24.5 Å². The number of piperazine rings is 1. The zero-order valence-electron chi connectivity index (χ0n) is 20.3. The van der Waals surface area contributed by atoms with Gasteiger partial charge in [0.25, 0.3) is 15.9 Å². The predicted octanol–water partition coefficient (Wildman–Crippen LogP) is 1.94. The minimum atomic E-state index is -4.18. The fraction of sp³-hybridized carbons (Fsp3) is 0.522. The van der Waals surface area contributed by atoms with Gasteiger partial charge in [-0.2, -0.15) is 8.61 Å². The van der Waals surface area contributed by atoms with Gasteiger partial charge in [-0.1, -0.05) is 18.6 Å². The highest BCUT2D eigenvalue weighted by Gasteiger charge is 2.43. The van der Waals surface area contributed by atoms with Gasteiger partial charge in [0.05, 0.1) is 5.75 Å². The number of nitrogens with zero attached hydrogens (tertiary/aromatic N) is 3. The Morgan fingerprint density at radius 1 is 1.00 bits per heavy atom. The summed E-state index contributed by atoms with van der Waals surface area (Å²) < 4.78 is 68.2. The summed E-state index contributed by atoms with van der Waals surface area (Å²) in [7, 11) is -7.92. The maximum absolute atomic E-state index is 13.5. The number of thiophene rings is 1. The van der Waals surface area contributed by atoms with E-state index in [9.17, 15) is 31.2 Å². The van der Waals surface area contributed by atoms with Gasteiger partial charge in [0.1, 0.15) is 16.1 Å². The molecule has 3 heterocycles. The van der Waals surface area contributed by atoms with E-state index in [1.54, 1.807) is 6.07 Å². The minimum absolute atomic E-state index is 0.0413. The van der Waals surface area contributed by atoms with Gasteiger partial charge in [-0.25, -0.2) is 26.7 Å². The molecule has 204 valence electrons. The zero-order valence-corrected chi connectivity index (χ0v) is 22.7. The van der Waals surface area contributed by atoms with Crippen LogP contribution >= 0.6 is 11.3 Å². The maximum atomic E-state index is 13.5. The molecular formula is C23H31FN4O6S3. The van der Waals surface area contributed by atoms with Crippen LogP contribution in [0.3, 0.4) is 0 Å². The molecule has 2 aliphatic rings. The van der Waals surface area contributed by atoms with Gasteiger partial charge >= 0.3 is 0 Å². The van der Waals surface area contributed by atoms with Gasteiger partial charge in [0.2, 0.25) is 10.0 Å². The molecule has 0 bridgehead atoms.